The number of ketones is 1. The Balaban J connectivity index is 1.30. The summed E-state index contributed by atoms with van der Waals surface area (Å²) in [4.78, 5) is 34.6. The number of ether oxygens (including phenoxy) is 1. The highest BCUT2D eigenvalue weighted by atomic mass is 32.1. The van der Waals surface area contributed by atoms with Gasteiger partial charge in [-0.25, -0.2) is 4.79 Å². The molecule has 2 aromatic heterocycles. The first kappa shape index (κ1) is 27.5. The molecule has 3 heterocycles. The van der Waals surface area contributed by atoms with Crippen LogP contribution in [-0.2, 0) is 11.2 Å². The molecule has 0 bridgehead atoms. The third kappa shape index (κ3) is 6.30. The van der Waals surface area contributed by atoms with Crippen LogP contribution in [0.25, 0.3) is 21.2 Å². The predicted octanol–water partition coefficient (Wildman–Crippen LogP) is 8.60. The number of carbonyl (C=O) groups is 2. The van der Waals surface area contributed by atoms with Gasteiger partial charge in [-0.15, -0.1) is 11.3 Å². The van der Waals surface area contributed by atoms with Crippen LogP contribution in [0, 0.1) is 0 Å². The van der Waals surface area contributed by atoms with E-state index in [1.165, 1.54) is 48.7 Å². The third-order valence-electron chi connectivity index (χ3n) is 7.79. The maximum Gasteiger partial charge on any atom is 0.412 e. The second-order valence-corrected chi connectivity index (χ2v) is 13.1. The molecule has 0 spiro atoms. The fourth-order valence-electron chi connectivity index (χ4n) is 5.73. The maximum atomic E-state index is 13.7. The van der Waals surface area contributed by atoms with Crippen molar-refractivity contribution in [1.29, 1.82) is 0 Å². The molecule has 0 atom stereocenters. The van der Waals surface area contributed by atoms with E-state index in [4.69, 9.17) is 9.72 Å². The van der Waals surface area contributed by atoms with Gasteiger partial charge in [-0.05, 0) is 117 Å². The number of thiophene rings is 1. The zero-order valence-electron chi connectivity index (χ0n) is 24.0. The number of nitrogens with zero attached hydrogens (tertiary/aromatic N) is 2. The molecule has 1 aliphatic carbocycles. The molecule has 2 aromatic carbocycles. The van der Waals surface area contributed by atoms with Gasteiger partial charge in [-0.2, -0.15) is 0 Å². The summed E-state index contributed by atoms with van der Waals surface area (Å²) in [6.07, 6.45) is 7.70. The van der Waals surface area contributed by atoms with Crippen LogP contribution in [0.1, 0.15) is 80.4 Å². The van der Waals surface area contributed by atoms with Crippen LogP contribution in [0.3, 0.4) is 0 Å². The number of pyridine rings is 1. The molecule has 4 aromatic rings. The summed E-state index contributed by atoms with van der Waals surface area (Å²) >= 11 is 1.64. The number of hydrogen-bond acceptors (Lipinski definition) is 6. The van der Waals surface area contributed by atoms with Crippen LogP contribution in [0.4, 0.5) is 16.2 Å². The summed E-state index contributed by atoms with van der Waals surface area (Å²) in [6, 6.07) is 16.2. The number of fused-ring (bicyclic) bond motifs is 1. The molecule has 1 N–H and O–H groups in total. The molecule has 2 fully saturated rings. The van der Waals surface area contributed by atoms with Crippen molar-refractivity contribution in [2.45, 2.75) is 70.8 Å². The maximum absolute atomic E-state index is 13.7. The summed E-state index contributed by atoms with van der Waals surface area (Å²) in [5.74, 6) is 0.496. The second-order valence-electron chi connectivity index (χ2n) is 12.2. The Morgan fingerprint density at radius 3 is 2.56 bits per heavy atom. The number of nitrogens with one attached hydrogen (secondary N) is 1. The van der Waals surface area contributed by atoms with Gasteiger partial charge >= 0.3 is 6.09 Å². The minimum absolute atomic E-state index is 0.0875. The van der Waals surface area contributed by atoms with E-state index in [9.17, 15) is 9.59 Å². The zero-order chi connectivity index (χ0) is 28.6. The molecule has 6 rings (SSSR count). The number of carbonyl (C=O) groups excluding carboxylic acids is 2. The Bertz CT molecular complexity index is 1580. The number of piperidine rings is 1. The number of amides is 1. The van der Waals surface area contributed by atoms with Gasteiger partial charge in [-0.1, -0.05) is 18.2 Å². The molecular formula is C34H37N3O3S. The molecule has 1 amide bonds. The molecule has 1 saturated heterocycles. The molecule has 212 valence electrons. The molecule has 41 heavy (non-hydrogen) atoms. The number of hydrogen-bond donors (Lipinski definition) is 1. The Morgan fingerprint density at radius 1 is 1.05 bits per heavy atom. The van der Waals surface area contributed by atoms with Crippen LogP contribution in [0.15, 0.2) is 60.1 Å². The molecule has 1 aliphatic heterocycles. The first-order chi connectivity index (χ1) is 19.7. The first-order valence-electron chi connectivity index (χ1n) is 14.6. The topological polar surface area (TPSA) is 71.5 Å². The average Bonchev–Trinajstić information content (AvgIpc) is 3.64. The fourth-order valence-corrected chi connectivity index (χ4v) is 6.45. The van der Waals surface area contributed by atoms with Crippen molar-refractivity contribution in [2.75, 3.05) is 23.3 Å². The Hall–Kier alpha value is -3.71. The van der Waals surface area contributed by atoms with Gasteiger partial charge in [0.05, 0.1) is 0 Å². The number of anilines is 2. The van der Waals surface area contributed by atoms with Crippen molar-refractivity contribution in [3.05, 3.63) is 76.9 Å². The SMILES string of the molecule is CC(C)(C)OC(=O)Nc1ccc(-c2cccs2)cc1CC(=O)c1cc2ccc(N3CCCCC3)c(C3CC3)c2cn1. The highest BCUT2D eigenvalue weighted by Gasteiger charge is 2.30. The number of Topliss-reactive ketones (excluding diaryl/α,β-unsaturated/α-hetero) is 1. The summed E-state index contributed by atoms with van der Waals surface area (Å²) < 4.78 is 5.48. The normalized spacial score (nSPS) is 15.6. The quantitative estimate of drug-likeness (QED) is 0.226. The Labute approximate surface area is 245 Å². The fraction of sp³-hybridized carbons (Fsp3) is 0.382. The van der Waals surface area contributed by atoms with Crippen LogP contribution in [0.2, 0.25) is 0 Å². The van der Waals surface area contributed by atoms with Crippen LogP contribution in [0.5, 0.6) is 0 Å². The third-order valence-corrected chi connectivity index (χ3v) is 8.71. The molecule has 0 unspecified atom stereocenters. The predicted molar refractivity (Wildman–Crippen MR) is 167 cm³/mol. The van der Waals surface area contributed by atoms with Crippen molar-refractivity contribution in [3.8, 4) is 10.4 Å². The van der Waals surface area contributed by atoms with Crippen molar-refractivity contribution in [2.24, 2.45) is 0 Å². The van der Waals surface area contributed by atoms with E-state index < -0.39 is 11.7 Å². The first-order valence-corrected chi connectivity index (χ1v) is 15.5. The van der Waals surface area contributed by atoms with E-state index in [2.05, 4.69) is 22.3 Å². The lowest BCUT2D eigenvalue weighted by atomic mass is 9.96. The smallest absolute Gasteiger partial charge is 0.412 e. The summed E-state index contributed by atoms with van der Waals surface area (Å²) in [6.45, 7) is 7.70. The monoisotopic (exact) mass is 567 g/mol. The van der Waals surface area contributed by atoms with Gasteiger partial charge in [-0.3, -0.25) is 15.1 Å². The largest absolute Gasteiger partial charge is 0.444 e. The standard InChI is InChI=1S/C34H37N3O3S/c1-34(2,3)40-33(39)36-27-13-11-24(31-8-7-17-41-31)18-25(27)20-30(38)28-19-23-12-14-29(37-15-5-4-6-16-37)32(22-9-10-22)26(23)21-35-28/h7-8,11-14,17-19,21-22H,4-6,9-10,15-16,20H2,1-3H3,(H,36,39). The van der Waals surface area contributed by atoms with Crippen LogP contribution >= 0.6 is 11.3 Å². The number of rotatable bonds is 7. The van der Waals surface area contributed by atoms with E-state index in [-0.39, 0.29) is 12.2 Å². The van der Waals surface area contributed by atoms with E-state index in [0.29, 0.717) is 17.3 Å². The molecule has 7 heteroatoms. The van der Waals surface area contributed by atoms with Gasteiger partial charge in [0.25, 0.3) is 0 Å². The van der Waals surface area contributed by atoms with Crippen molar-refractivity contribution in [1.82, 2.24) is 4.98 Å². The van der Waals surface area contributed by atoms with Gasteiger partial charge in [0.2, 0.25) is 0 Å². The zero-order valence-corrected chi connectivity index (χ0v) is 24.9. The van der Waals surface area contributed by atoms with Gasteiger partial charge in [0.15, 0.2) is 5.78 Å². The lowest BCUT2D eigenvalue weighted by Crippen LogP contribution is -2.30. The lowest BCUT2D eigenvalue weighted by molar-refractivity contribution is 0.0635. The number of benzene rings is 2. The van der Waals surface area contributed by atoms with Gasteiger partial charge < -0.3 is 9.64 Å². The molecule has 2 aliphatic rings. The molecule has 0 radical (unpaired) electrons. The summed E-state index contributed by atoms with van der Waals surface area (Å²) in [5.41, 5.74) is 4.87. The van der Waals surface area contributed by atoms with Crippen LogP contribution < -0.4 is 10.2 Å². The highest BCUT2D eigenvalue weighted by Crippen LogP contribution is 2.48. The average molecular weight is 568 g/mol. The number of aromatic nitrogens is 1. The van der Waals surface area contributed by atoms with E-state index in [1.54, 1.807) is 11.3 Å². The minimum atomic E-state index is -0.626. The van der Waals surface area contributed by atoms with E-state index in [0.717, 1.165) is 34.5 Å². The molecular weight excluding hydrogens is 530 g/mol. The minimum Gasteiger partial charge on any atom is -0.444 e. The van der Waals surface area contributed by atoms with Crippen LogP contribution in [-0.4, -0.2) is 35.6 Å². The Morgan fingerprint density at radius 2 is 1.85 bits per heavy atom. The summed E-state index contributed by atoms with van der Waals surface area (Å²) in [7, 11) is 0. The van der Waals surface area contributed by atoms with Gasteiger partial charge in [0, 0.05) is 47.3 Å². The molecule has 6 nitrogen and oxygen atoms in total. The van der Waals surface area contributed by atoms with Crippen molar-refractivity contribution < 1.29 is 14.3 Å². The Kier molecular flexibility index (Phi) is 7.56. The highest BCUT2D eigenvalue weighted by molar-refractivity contribution is 7.13. The van der Waals surface area contributed by atoms with Crippen molar-refractivity contribution in [3.63, 3.8) is 0 Å². The lowest BCUT2D eigenvalue weighted by Gasteiger charge is -2.31. The van der Waals surface area contributed by atoms with Crippen molar-refractivity contribution >= 4 is 45.4 Å². The van der Waals surface area contributed by atoms with E-state index in [1.807, 2.05) is 68.7 Å². The molecule has 1 saturated carbocycles. The summed E-state index contributed by atoms with van der Waals surface area (Å²) in [5, 5.41) is 7.11. The second kappa shape index (κ2) is 11.3. The van der Waals surface area contributed by atoms with E-state index >= 15 is 0 Å². The van der Waals surface area contributed by atoms with Gasteiger partial charge in [0.1, 0.15) is 11.3 Å².